The van der Waals surface area contributed by atoms with Crippen LogP contribution < -0.4 is 0 Å². The van der Waals surface area contributed by atoms with E-state index in [1.165, 1.54) is 12.1 Å². The highest BCUT2D eigenvalue weighted by atomic mass is 16.7. The van der Waals surface area contributed by atoms with Gasteiger partial charge in [-0.25, -0.2) is 4.79 Å². The van der Waals surface area contributed by atoms with E-state index in [9.17, 15) is 14.4 Å². The topological polar surface area (TPSA) is 72.9 Å². The van der Waals surface area contributed by atoms with Crippen molar-refractivity contribution in [2.45, 2.75) is 12.8 Å². The Morgan fingerprint density at radius 1 is 1.25 bits per heavy atom. The molecule has 20 heavy (non-hydrogen) atoms. The predicted octanol–water partition coefficient (Wildman–Crippen LogP) is 1.17. The van der Waals surface area contributed by atoms with Gasteiger partial charge in [0.25, 0.3) is 11.8 Å². The van der Waals surface area contributed by atoms with E-state index in [4.69, 9.17) is 9.57 Å². The summed E-state index contributed by atoms with van der Waals surface area (Å²) in [4.78, 5) is 40.7. The number of carbonyl (C=O) groups is 3. The molecular weight excluding hydrogens is 262 g/mol. The van der Waals surface area contributed by atoms with Crippen LogP contribution in [-0.2, 0) is 14.4 Å². The van der Waals surface area contributed by atoms with E-state index in [-0.39, 0.29) is 23.5 Å². The van der Waals surface area contributed by atoms with Crippen molar-refractivity contribution in [3.05, 3.63) is 35.4 Å². The van der Waals surface area contributed by atoms with E-state index in [2.05, 4.69) is 0 Å². The summed E-state index contributed by atoms with van der Waals surface area (Å²) in [5.74, 6) is -1.68. The Balaban J connectivity index is 1.68. The number of nitrogens with zero attached hydrogens (tertiary/aromatic N) is 1. The summed E-state index contributed by atoms with van der Waals surface area (Å²) in [5, 5.41) is 0.544. The lowest BCUT2D eigenvalue weighted by molar-refractivity contribution is -0.169. The third-order valence-corrected chi connectivity index (χ3v) is 3.43. The average molecular weight is 275 g/mol. The maximum absolute atomic E-state index is 12.0. The fraction of sp³-hybridized carbons (Fsp3) is 0.357. The minimum atomic E-state index is -0.596. The third kappa shape index (κ3) is 2.18. The lowest BCUT2D eigenvalue weighted by atomic mass is 10.1. The van der Waals surface area contributed by atoms with E-state index >= 15 is 0 Å². The number of fused-ring (bicyclic) bond motifs is 1. The van der Waals surface area contributed by atoms with Crippen LogP contribution in [0.5, 0.6) is 0 Å². The molecule has 0 aromatic heterocycles. The molecule has 0 radical (unpaired) electrons. The van der Waals surface area contributed by atoms with Crippen molar-refractivity contribution in [2.75, 3.05) is 13.2 Å². The molecule has 0 spiro atoms. The molecule has 1 fully saturated rings. The van der Waals surface area contributed by atoms with Crippen LogP contribution >= 0.6 is 0 Å². The van der Waals surface area contributed by atoms with E-state index in [1.54, 1.807) is 12.1 Å². The summed E-state index contributed by atoms with van der Waals surface area (Å²) in [6.07, 6.45) is 0.935. The van der Waals surface area contributed by atoms with Crippen LogP contribution in [0.3, 0.4) is 0 Å². The van der Waals surface area contributed by atoms with Gasteiger partial charge in [0.05, 0.1) is 24.2 Å². The van der Waals surface area contributed by atoms with Crippen molar-refractivity contribution >= 4 is 17.8 Å². The van der Waals surface area contributed by atoms with Gasteiger partial charge in [-0.2, -0.15) is 0 Å². The number of amides is 2. The molecule has 6 heteroatoms. The maximum atomic E-state index is 12.0. The van der Waals surface area contributed by atoms with E-state index < -0.39 is 17.8 Å². The number of hydrogen-bond acceptors (Lipinski definition) is 5. The molecule has 1 saturated heterocycles. The molecule has 0 N–H and O–H groups in total. The molecule has 1 atom stereocenters. The van der Waals surface area contributed by atoms with Crippen LogP contribution in [0.15, 0.2) is 24.3 Å². The molecule has 1 aromatic carbocycles. The largest absolute Gasteiger partial charge is 0.381 e. The highest BCUT2D eigenvalue weighted by Gasteiger charge is 2.38. The predicted molar refractivity (Wildman–Crippen MR) is 66.6 cm³/mol. The first kappa shape index (κ1) is 12.8. The second-order valence-electron chi connectivity index (χ2n) is 4.85. The molecule has 2 aliphatic rings. The van der Waals surface area contributed by atoms with Crippen molar-refractivity contribution in [1.29, 1.82) is 0 Å². The lowest BCUT2D eigenvalue weighted by Crippen LogP contribution is -2.33. The number of hydrogen-bond donors (Lipinski definition) is 0. The summed E-state index contributed by atoms with van der Waals surface area (Å²) in [6, 6.07) is 6.39. The van der Waals surface area contributed by atoms with Crippen molar-refractivity contribution in [1.82, 2.24) is 5.06 Å². The zero-order valence-electron chi connectivity index (χ0n) is 10.7. The number of ether oxygens (including phenoxy) is 1. The van der Waals surface area contributed by atoms with Crippen molar-refractivity contribution < 1.29 is 24.0 Å². The summed E-state index contributed by atoms with van der Waals surface area (Å²) in [5.41, 5.74) is 0.518. The zero-order valence-corrected chi connectivity index (χ0v) is 10.7. The van der Waals surface area contributed by atoms with Gasteiger partial charge >= 0.3 is 5.97 Å². The molecular formula is C14H13NO5. The Morgan fingerprint density at radius 2 is 1.90 bits per heavy atom. The van der Waals surface area contributed by atoms with Gasteiger partial charge in [0.1, 0.15) is 0 Å². The summed E-state index contributed by atoms with van der Waals surface area (Å²) in [7, 11) is 0. The van der Waals surface area contributed by atoms with Crippen LogP contribution in [0.1, 0.15) is 33.6 Å². The van der Waals surface area contributed by atoms with Crippen LogP contribution in [0, 0.1) is 5.92 Å². The SMILES string of the molecule is O=C(C[C@H]1CCOC1)ON1C(=O)c2ccccc2C1=O. The smallest absolute Gasteiger partial charge is 0.333 e. The summed E-state index contributed by atoms with van der Waals surface area (Å²) in [6.45, 7) is 1.14. The maximum Gasteiger partial charge on any atom is 0.333 e. The molecule has 0 unspecified atom stereocenters. The molecule has 2 aliphatic heterocycles. The van der Waals surface area contributed by atoms with Crippen molar-refractivity contribution in [3.63, 3.8) is 0 Å². The summed E-state index contributed by atoms with van der Waals surface area (Å²) < 4.78 is 5.17. The molecule has 3 rings (SSSR count). The Bertz CT molecular complexity index is 542. The minimum absolute atomic E-state index is 0.0951. The standard InChI is InChI=1S/C14H13NO5/c16-12(7-9-5-6-19-8-9)20-15-13(17)10-3-1-2-4-11(10)14(15)18/h1-4,9H,5-8H2/t9-/m1/s1. The van der Waals surface area contributed by atoms with Gasteiger partial charge in [-0.05, 0) is 24.5 Å². The molecule has 1 aromatic rings. The number of hydroxylamine groups is 2. The Labute approximate surface area is 115 Å². The second-order valence-corrected chi connectivity index (χ2v) is 4.85. The highest BCUT2D eigenvalue weighted by Crippen LogP contribution is 2.24. The zero-order chi connectivity index (χ0) is 14.1. The highest BCUT2D eigenvalue weighted by molar-refractivity contribution is 6.20. The first-order chi connectivity index (χ1) is 9.66. The number of carbonyl (C=O) groups excluding carboxylic acids is 3. The Hall–Kier alpha value is -2.21. The minimum Gasteiger partial charge on any atom is -0.381 e. The molecule has 0 bridgehead atoms. The van der Waals surface area contributed by atoms with Gasteiger partial charge in [0, 0.05) is 6.61 Å². The fourth-order valence-corrected chi connectivity index (χ4v) is 2.37. The summed E-state index contributed by atoms with van der Waals surface area (Å²) >= 11 is 0. The lowest BCUT2D eigenvalue weighted by Gasteiger charge is -2.14. The van der Waals surface area contributed by atoms with Crippen LogP contribution in [0.25, 0.3) is 0 Å². The van der Waals surface area contributed by atoms with E-state index in [1.807, 2.05) is 0 Å². The number of benzene rings is 1. The van der Waals surface area contributed by atoms with Gasteiger partial charge in [0.15, 0.2) is 0 Å². The second kappa shape index (κ2) is 5.05. The normalized spacial score (nSPS) is 21.2. The molecule has 2 heterocycles. The van der Waals surface area contributed by atoms with Gasteiger partial charge in [-0.1, -0.05) is 17.2 Å². The molecule has 0 aliphatic carbocycles. The van der Waals surface area contributed by atoms with Crippen LogP contribution in [-0.4, -0.2) is 36.1 Å². The molecule has 104 valence electrons. The quantitative estimate of drug-likeness (QED) is 0.774. The fourth-order valence-electron chi connectivity index (χ4n) is 2.37. The monoisotopic (exact) mass is 275 g/mol. The third-order valence-electron chi connectivity index (χ3n) is 3.43. The first-order valence-corrected chi connectivity index (χ1v) is 6.43. The molecule has 2 amide bonds. The Morgan fingerprint density at radius 3 is 2.45 bits per heavy atom. The first-order valence-electron chi connectivity index (χ1n) is 6.43. The van der Waals surface area contributed by atoms with Crippen LogP contribution in [0.2, 0.25) is 0 Å². The Kier molecular flexibility index (Phi) is 3.23. The van der Waals surface area contributed by atoms with Crippen molar-refractivity contribution in [2.24, 2.45) is 5.92 Å². The van der Waals surface area contributed by atoms with Gasteiger partial charge in [0.2, 0.25) is 0 Å². The van der Waals surface area contributed by atoms with Crippen LogP contribution in [0.4, 0.5) is 0 Å². The molecule has 0 saturated carbocycles. The van der Waals surface area contributed by atoms with E-state index in [0.29, 0.717) is 18.3 Å². The number of imide groups is 1. The van der Waals surface area contributed by atoms with Gasteiger partial charge in [-0.3, -0.25) is 9.59 Å². The van der Waals surface area contributed by atoms with E-state index in [0.717, 1.165) is 6.42 Å². The van der Waals surface area contributed by atoms with Crippen molar-refractivity contribution in [3.8, 4) is 0 Å². The number of rotatable bonds is 3. The molecule has 6 nitrogen and oxygen atoms in total. The van der Waals surface area contributed by atoms with Gasteiger partial charge in [-0.15, -0.1) is 0 Å². The average Bonchev–Trinajstić information content (AvgIpc) is 3.03. The van der Waals surface area contributed by atoms with Gasteiger partial charge < -0.3 is 9.57 Å².